The van der Waals surface area contributed by atoms with E-state index < -0.39 is 0 Å². The monoisotopic (exact) mass is 272 g/mol. The maximum Gasteiger partial charge on any atom is 0.0586 e. The maximum absolute atomic E-state index is 10.2. The van der Waals surface area contributed by atoms with Crippen molar-refractivity contribution >= 4 is 11.6 Å². The fourth-order valence-corrected chi connectivity index (χ4v) is 3.00. The SMILES string of the molecule is OC(Cc1ccc(Cl)cc1)CC1Cc2ccccc21. The van der Waals surface area contributed by atoms with Crippen molar-refractivity contribution in [1.82, 2.24) is 0 Å². The molecule has 1 aliphatic rings. The van der Waals surface area contributed by atoms with Gasteiger partial charge in [-0.1, -0.05) is 48.0 Å². The minimum atomic E-state index is -0.278. The molecular formula is C17H17ClO. The van der Waals surface area contributed by atoms with Gasteiger partial charge in [-0.2, -0.15) is 0 Å². The van der Waals surface area contributed by atoms with Gasteiger partial charge in [0.25, 0.3) is 0 Å². The summed E-state index contributed by atoms with van der Waals surface area (Å²) in [7, 11) is 0. The molecule has 3 rings (SSSR count). The Hall–Kier alpha value is -1.31. The molecule has 0 saturated heterocycles. The van der Waals surface area contributed by atoms with E-state index in [9.17, 15) is 5.11 Å². The van der Waals surface area contributed by atoms with Gasteiger partial charge in [-0.3, -0.25) is 0 Å². The number of hydrogen-bond acceptors (Lipinski definition) is 1. The van der Waals surface area contributed by atoms with Gasteiger partial charge in [0.1, 0.15) is 0 Å². The van der Waals surface area contributed by atoms with Crippen molar-refractivity contribution in [2.24, 2.45) is 0 Å². The zero-order valence-corrected chi connectivity index (χ0v) is 11.5. The first-order valence-corrected chi connectivity index (χ1v) is 7.10. The predicted octanol–water partition coefficient (Wildman–Crippen LogP) is 3.97. The van der Waals surface area contributed by atoms with Gasteiger partial charge in [-0.05, 0) is 54.0 Å². The zero-order valence-electron chi connectivity index (χ0n) is 10.7. The van der Waals surface area contributed by atoms with E-state index in [0.29, 0.717) is 12.3 Å². The average molecular weight is 273 g/mol. The number of aliphatic hydroxyl groups is 1. The summed E-state index contributed by atoms with van der Waals surface area (Å²) < 4.78 is 0. The first-order valence-electron chi connectivity index (χ1n) is 6.72. The number of hydrogen-bond donors (Lipinski definition) is 1. The molecule has 0 saturated carbocycles. The van der Waals surface area contributed by atoms with Crippen LogP contribution in [0, 0.1) is 0 Å². The van der Waals surface area contributed by atoms with Gasteiger partial charge in [-0.25, -0.2) is 0 Å². The minimum absolute atomic E-state index is 0.278. The summed E-state index contributed by atoms with van der Waals surface area (Å²) in [5.74, 6) is 0.526. The van der Waals surface area contributed by atoms with Crippen molar-refractivity contribution in [3.05, 3.63) is 70.2 Å². The highest BCUT2D eigenvalue weighted by Crippen LogP contribution is 2.38. The van der Waals surface area contributed by atoms with E-state index in [1.54, 1.807) is 0 Å². The van der Waals surface area contributed by atoms with Crippen molar-refractivity contribution < 1.29 is 5.11 Å². The van der Waals surface area contributed by atoms with Crippen molar-refractivity contribution in [3.63, 3.8) is 0 Å². The van der Waals surface area contributed by atoms with Gasteiger partial charge >= 0.3 is 0 Å². The molecular weight excluding hydrogens is 256 g/mol. The third-order valence-corrected chi connectivity index (χ3v) is 4.15. The Bertz CT molecular complexity index is 562. The molecule has 1 nitrogen and oxygen atoms in total. The predicted molar refractivity (Wildman–Crippen MR) is 78.7 cm³/mol. The van der Waals surface area contributed by atoms with Crippen LogP contribution in [0.2, 0.25) is 5.02 Å². The normalized spacial score (nSPS) is 18.5. The number of fused-ring (bicyclic) bond motifs is 1. The van der Waals surface area contributed by atoms with Gasteiger partial charge < -0.3 is 5.11 Å². The topological polar surface area (TPSA) is 20.2 Å². The highest BCUT2D eigenvalue weighted by Gasteiger charge is 2.27. The van der Waals surface area contributed by atoms with Crippen molar-refractivity contribution in [2.45, 2.75) is 31.3 Å². The lowest BCUT2D eigenvalue weighted by Crippen LogP contribution is -2.23. The van der Waals surface area contributed by atoms with Crippen LogP contribution in [-0.2, 0) is 12.8 Å². The second kappa shape index (κ2) is 5.36. The van der Waals surface area contributed by atoms with E-state index in [2.05, 4.69) is 24.3 Å². The van der Waals surface area contributed by atoms with Gasteiger partial charge in [0.15, 0.2) is 0 Å². The highest BCUT2D eigenvalue weighted by molar-refractivity contribution is 6.30. The van der Waals surface area contributed by atoms with Crippen LogP contribution < -0.4 is 0 Å². The van der Waals surface area contributed by atoms with Crippen LogP contribution in [0.1, 0.15) is 29.0 Å². The molecule has 2 aromatic rings. The van der Waals surface area contributed by atoms with Crippen LogP contribution in [0.15, 0.2) is 48.5 Å². The Morgan fingerprint density at radius 1 is 1.11 bits per heavy atom. The largest absolute Gasteiger partial charge is 0.393 e. The summed E-state index contributed by atoms with van der Waals surface area (Å²) >= 11 is 5.86. The molecule has 2 heteroatoms. The van der Waals surface area contributed by atoms with Crippen LogP contribution in [-0.4, -0.2) is 11.2 Å². The molecule has 0 amide bonds. The molecule has 2 unspecified atom stereocenters. The quantitative estimate of drug-likeness (QED) is 0.893. The Labute approximate surface area is 118 Å². The lowest BCUT2D eigenvalue weighted by atomic mass is 9.74. The summed E-state index contributed by atoms with van der Waals surface area (Å²) in [4.78, 5) is 0. The first kappa shape index (κ1) is 12.7. The summed E-state index contributed by atoms with van der Waals surface area (Å²) in [6.07, 6.45) is 2.38. The number of aliphatic hydroxyl groups excluding tert-OH is 1. The van der Waals surface area contributed by atoms with Crippen LogP contribution in [0.5, 0.6) is 0 Å². The van der Waals surface area contributed by atoms with Gasteiger partial charge in [-0.15, -0.1) is 0 Å². The summed E-state index contributed by atoms with van der Waals surface area (Å²) in [5, 5.41) is 10.9. The smallest absolute Gasteiger partial charge is 0.0586 e. The molecule has 2 atom stereocenters. The molecule has 0 spiro atoms. The maximum atomic E-state index is 10.2. The van der Waals surface area contributed by atoms with E-state index >= 15 is 0 Å². The Balaban J connectivity index is 1.58. The fraction of sp³-hybridized carbons (Fsp3) is 0.294. The lowest BCUT2D eigenvalue weighted by Gasteiger charge is -2.31. The molecule has 2 aromatic carbocycles. The number of halogens is 1. The molecule has 1 N–H and O–H groups in total. The second-order valence-electron chi connectivity index (χ2n) is 5.32. The van der Waals surface area contributed by atoms with Crippen LogP contribution in [0.25, 0.3) is 0 Å². The Kier molecular flexibility index (Phi) is 3.58. The van der Waals surface area contributed by atoms with Crippen LogP contribution in [0.4, 0.5) is 0 Å². The van der Waals surface area contributed by atoms with Gasteiger partial charge in [0.05, 0.1) is 6.10 Å². The molecule has 1 aliphatic carbocycles. The molecule has 0 aromatic heterocycles. The fourth-order valence-electron chi connectivity index (χ4n) is 2.88. The molecule has 19 heavy (non-hydrogen) atoms. The highest BCUT2D eigenvalue weighted by atomic mass is 35.5. The zero-order chi connectivity index (χ0) is 13.2. The molecule has 0 radical (unpaired) electrons. The van der Waals surface area contributed by atoms with E-state index in [4.69, 9.17) is 11.6 Å². The van der Waals surface area contributed by atoms with E-state index in [-0.39, 0.29) is 6.10 Å². The standard InChI is InChI=1S/C17H17ClO/c18-15-7-5-12(6-8-15)9-16(19)11-14-10-13-3-1-2-4-17(13)14/h1-8,14,16,19H,9-11H2. The Morgan fingerprint density at radius 3 is 2.58 bits per heavy atom. The molecule has 0 heterocycles. The second-order valence-corrected chi connectivity index (χ2v) is 5.76. The van der Waals surface area contributed by atoms with Crippen molar-refractivity contribution in [1.29, 1.82) is 0 Å². The lowest BCUT2D eigenvalue weighted by molar-refractivity contribution is 0.151. The molecule has 0 bridgehead atoms. The third kappa shape index (κ3) is 2.83. The summed E-state index contributed by atoms with van der Waals surface area (Å²) in [5.41, 5.74) is 3.99. The van der Waals surface area contributed by atoms with E-state index in [0.717, 1.165) is 23.4 Å². The molecule has 0 fully saturated rings. The van der Waals surface area contributed by atoms with Gasteiger partial charge in [0, 0.05) is 5.02 Å². The molecule has 0 aliphatic heterocycles. The molecule has 98 valence electrons. The van der Waals surface area contributed by atoms with Crippen LogP contribution >= 0.6 is 11.6 Å². The van der Waals surface area contributed by atoms with Crippen LogP contribution in [0.3, 0.4) is 0 Å². The number of benzene rings is 2. The average Bonchev–Trinajstić information content (AvgIpc) is 2.39. The number of rotatable bonds is 4. The van der Waals surface area contributed by atoms with E-state index in [1.165, 1.54) is 11.1 Å². The Morgan fingerprint density at radius 2 is 1.84 bits per heavy atom. The third-order valence-electron chi connectivity index (χ3n) is 3.90. The van der Waals surface area contributed by atoms with Crippen molar-refractivity contribution in [3.8, 4) is 0 Å². The minimum Gasteiger partial charge on any atom is -0.393 e. The first-order chi connectivity index (χ1) is 9.22. The van der Waals surface area contributed by atoms with Gasteiger partial charge in [0.2, 0.25) is 0 Å². The van der Waals surface area contributed by atoms with Crippen molar-refractivity contribution in [2.75, 3.05) is 0 Å². The summed E-state index contributed by atoms with van der Waals surface area (Å²) in [6, 6.07) is 16.2. The summed E-state index contributed by atoms with van der Waals surface area (Å²) in [6.45, 7) is 0. The van der Waals surface area contributed by atoms with E-state index in [1.807, 2.05) is 24.3 Å².